The first-order chi connectivity index (χ1) is 13.0. The zero-order valence-corrected chi connectivity index (χ0v) is 17.3. The number of fused-ring (bicyclic) bond motifs is 1. The Morgan fingerprint density at radius 3 is 2.61 bits per heavy atom. The first kappa shape index (κ1) is 22.1. The Morgan fingerprint density at radius 1 is 1.14 bits per heavy atom. The Labute approximate surface area is 174 Å². The second-order valence-electron chi connectivity index (χ2n) is 6.41. The monoisotopic (exact) mass is 422 g/mol. The van der Waals surface area contributed by atoms with Crippen LogP contribution < -0.4 is 22.0 Å². The number of halogens is 2. The van der Waals surface area contributed by atoms with Crippen LogP contribution in [-0.2, 0) is 4.79 Å². The molecule has 0 bridgehead atoms. The summed E-state index contributed by atoms with van der Waals surface area (Å²) < 4.78 is 19.8. The lowest BCUT2D eigenvalue weighted by Gasteiger charge is -2.21. The number of nitrogens with zero attached hydrogens (tertiary/aromatic N) is 3. The first-order valence-electron chi connectivity index (χ1n) is 8.72. The topological polar surface area (TPSA) is 45.7 Å². The molecule has 3 rings (SSSR count). The highest BCUT2D eigenvalue weighted by atomic mass is 35.5. The number of carbonyl (C=O) groups excluding carboxylic acids is 1. The highest BCUT2D eigenvalue weighted by Crippen LogP contribution is 2.29. The van der Waals surface area contributed by atoms with Gasteiger partial charge in [0.2, 0.25) is 0 Å². The summed E-state index contributed by atoms with van der Waals surface area (Å²) in [6.07, 6.45) is 0.800. The maximum absolute atomic E-state index is 13.5. The minimum atomic E-state index is -0.310. The number of ether oxygens (including phenoxy) is 1. The minimum Gasteiger partial charge on any atom is -1.00 e. The second kappa shape index (κ2) is 10.4. The Hall–Kier alpha value is -2.22. The largest absolute Gasteiger partial charge is 1.00 e. The molecule has 0 saturated carbocycles. The van der Waals surface area contributed by atoms with Crippen molar-refractivity contribution in [3.05, 3.63) is 54.3 Å². The SMILES string of the molecule is CN(C)CCCN(C(=O)COc1ccccc1)c1nc2ccc(F)cc2s1.[Cl-]. The molecule has 0 saturated heterocycles. The summed E-state index contributed by atoms with van der Waals surface area (Å²) in [5, 5.41) is 0.566. The van der Waals surface area contributed by atoms with Gasteiger partial charge in [0.15, 0.2) is 11.7 Å². The maximum Gasteiger partial charge on any atom is 0.266 e. The van der Waals surface area contributed by atoms with Gasteiger partial charge in [-0.3, -0.25) is 9.69 Å². The summed E-state index contributed by atoms with van der Waals surface area (Å²) in [7, 11) is 3.98. The van der Waals surface area contributed by atoms with Gasteiger partial charge in [-0.25, -0.2) is 9.37 Å². The lowest BCUT2D eigenvalue weighted by Crippen LogP contribution is -3.00. The van der Waals surface area contributed by atoms with E-state index in [9.17, 15) is 9.18 Å². The van der Waals surface area contributed by atoms with Crippen LogP contribution in [0.4, 0.5) is 9.52 Å². The predicted octanol–water partition coefficient (Wildman–Crippen LogP) is 0.803. The molecule has 0 N–H and O–H groups in total. The van der Waals surface area contributed by atoms with Crippen LogP contribution in [0.25, 0.3) is 10.2 Å². The van der Waals surface area contributed by atoms with E-state index in [0.29, 0.717) is 22.9 Å². The molecular weight excluding hydrogens is 401 g/mol. The normalized spacial score (nSPS) is 10.7. The van der Waals surface area contributed by atoms with Crippen molar-refractivity contribution in [1.29, 1.82) is 0 Å². The standard InChI is InChI=1S/C20H22FN3O2S.ClH/c1-23(2)11-6-12-24(19(25)14-26-16-7-4-3-5-8-16)20-22-17-10-9-15(21)13-18(17)27-20;/h3-5,7-10,13H,6,11-12,14H2,1-2H3;1H/p-1. The number of carbonyl (C=O) groups is 1. The van der Waals surface area contributed by atoms with Crippen LogP contribution in [-0.4, -0.2) is 49.6 Å². The molecule has 0 radical (unpaired) electrons. The fraction of sp³-hybridized carbons (Fsp3) is 0.300. The first-order valence-corrected chi connectivity index (χ1v) is 9.53. The van der Waals surface area contributed by atoms with Gasteiger partial charge in [-0.05, 0) is 57.4 Å². The molecule has 150 valence electrons. The van der Waals surface area contributed by atoms with Gasteiger partial charge in [0, 0.05) is 6.54 Å². The third-order valence-electron chi connectivity index (χ3n) is 3.96. The Balaban J connectivity index is 0.00000280. The van der Waals surface area contributed by atoms with E-state index in [0.717, 1.165) is 17.7 Å². The summed E-state index contributed by atoms with van der Waals surface area (Å²) in [4.78, 5) is 21.0. The zero-order valence-electron chi connectivity index (χ0n) is 15.8. The van der Waals surface area contributed by atoms with Crippen LogP contribution in [0.5, 0.6) is 5.75 Å². The van der Waals surface area contributed by atoms with Crippen molar-refractivity contribution < 1.29 is 26.3 Å². The fourth-order valence-electron chi connectivity index (χ4n) is 2.61. The molecule has 28 heavy (non-hydrogen) atoms. The van der Waals surface area contributed by atoms with Crippen molar-refractivity contribution in [2.24, 2.45) is 0 Å². The third-order valence-corrected chi connectivity index (χ3v) is 5.00. The molecule has 2 aromatic carbocycles. The van der Waals surface area contributed by atoms with Gasteiger partial charge in [0.25, 0.3) is 5.91 Å². The Bertz CT molecular complexity index is 905. The van der Waals surface area contributed by atoms with E-state index in [1.54, 1.807) is 11.0 Å². The quantitative estimate of drug-likeness (QED) is 0.539. The summed E-state index contributed by atoms with van der Waals surface area (Å²) in [5.74, 6) is 0.165. The van der Waals surface area contributed by atoms with Crippen molar-refractivity contribution in [2.75, 3.05) is 38.7 Å². The molecule has 1 aromatic heterocycles. The van der Waals surface area contributed by atoms with E-state index in [1.807, 2.05) is 44.4 Å². The van der Waals surface area contributed by atoms with Crippen LogP contribution in [0.15, 0.2) is 48.5 Å². The number of para-hydroxylation sites is 1. The Morgan fingerprint density at radius 2 is 1.89 bits per heavy atom. The number of amides is 1. The molecule has 0 spiro atoms. The van der Waals surface area contributed by atoms with E-state index in [-0.39, 0.29) is 30.7 Å². The molecule has 0 atom stereocenters. The summed E-state index contributed by atoms with van der Waals surface area (Å²) >= 11 is 1.31. The van der Waals surface area contributed by atoms with Crippen molar-refractivity contribution in [2.45, 2.75) is 6.42 Å². The lowest BCUT2D eigenvalue weighted by molar-refractivity contribution is -0.120. The van der Waals surface area contributed by atoms with Gasteiger partial charge in [-0.1, -0.05) is 29.5 Å². The molecule has 0 fully saturated rings. The predicted molar refractivity (Wildman–Crippen MR) is 107 cm³/mol. The molecule has 3 aromatic rings. The van der Waals surface area contributed by atoms with E-state index >= 15 is 0 Å². The van der Waals surface area contributed by atoms with Crippen molar-refractivity contribution in [3.63, 3.8) is 0 Å². The van der Waals surface area contributed by atoms with Crippen LogP contribution in [0, 0.1) is 5.82 Å². The minimum absolute atomic E-state index is 0. The van der Waals surface area contributed by atoms with Crippen LogP contribution in [0.1, 0.15) is 6.42 Å². The van der Waals surface area contributed by atoms with Crippen LogP contribution >= 0.6 is 11.3 Å². The lowest BCUT2D eigenvalue weighted by atomic mass is 10.3. The summed E-state index contributed by atoms with van der Waals surface area (Å²) in [6.45, 7) is 1.30. The summed E-state index contributed by atoms with van der Waals surface area (Å²) in [6, 6.07) is 13.7. The molecule has 0 aliphatic heterocycles. The summed E-state index contributed by atoms with van der Waals surface area (Å²) in [5.41, 5.74) is 0.686. The zero-order chi connectivity index (χ0) is 19.2. The second-order valence-corrected chi connectivity index (χ2v) is 7.42. The number of rotatable bonds is 8. The van der Waals surface area contributed by atoms with E-state index in [1.165, 1.54) is 23.5 Å². The molecule has 0 aliphatic carbocycles. The molecule has 0 aliphatic rings. The van der Waals surface area contributed by atoms with Gasteiger partial charge in [0.1, 0.15) is 11.6 Å². The molecule has 0 unspecified atom stereocenters. The highest BCUT2D eigenvalue weighted by Gasteiger charge is 2.20. The van der Waals surface area contributed by atoms with Gasteiger partial charge < -0.3 is 22.0 Å². The van der Waals surface area contributed by atoms with E-state index < -0.39 is 0 Å². The average molecular weight is 423 g/mol. The molecule has 1 heterocycles. The number of thiazole rings is 1. The smallest absolute Gasteiger partial charge is 0.266 e. The fourth-order valence-corrected chi connectivity index (χ4v) is 3.65. The van der Waals surface area contributed by atoms with Crippen molar-refractivity contribution in [1.82, 2.24) is 9.88 Å². The van der Waals surface area contributed by atoms with Crippen LogP contribution in [0.2, 0.25) is 0 Å². The van der Waals surface area contributed by atoms with E-state index in [4.69, 9.17) is 4.74 Å². The molecule has 1 amide bonds. The third kappa shape index (κ3) is 5.89. The van der Waals surface area contributed by atoms with Crippen molar-refractivity contribution >= 4 is 32.6 Å². The van der Waals surface area contributed by atoms with Gasteiger partial charge in [-0.2, -0.15) is 0 Å². The Kier molecular flexibility index (Phi) is 8.17. The maximum atomic E-state index is 13.5. The van der Waals surface area contributed by atoms with Gasteiger partial charge in [-0.15, -0.1) is 0 Å². The number of benzene rings is 2. The average Bonchev–Trinajstić information content (AvgIpc) is 3.06. The van der Waals surface area contributed by atoms with Gasteiger partial charge in [0.05, 0.1) is 10.2 Å². The highest BCUT2D eigenvalue weighted by molar-refractivity contribution is 7.22. The number of anilines is 1. The number of hydrogen-bond acceptors (Lipinski definition) is 5. The number of aromatic nitrogens is 1. The van der Waals surface area contributed by atoms with Crippen molar-refractivity contribution in [3.8, 4) is 5.75 Å². The molecular formula is C20H22ClFN3O2S-. The molecule has 8 heteroatoms. The number of hydrogen-bond donors (Lipinski definition) is 0. The van der Waals surface area contributed by atoms with Crippen LogP contribution in [0.3, 0.4) is 0 Å². The molecule has 5 nitrogen and oxygen atoms in total. The van der Waals surface area contributed by atoms with E-state index in [2.05, 4.69) is 9.88 Å². The van der Waals surface area contributed by atoms with Gasteiger partial charge >= 0.3 is 0 Å².